The van der Waals surface area contributed by atoms with Crippen molar-refractivity contribution < 1.29 is 9.90 Å². The monoisotopic (exact) mass is 111 g/mol. The second-order valence-corrected chi connectivity index (χ2v) is 1.43. The number of rotatable bonds is 1. The molecule has 1 rings (SSSR count). The minimum atomic E-state index is -0.946. The Bertz CT molecular complexity index is 169. The molecule has 0 aliphatic carbocycles. The highest BCUT2D eigenvalue weighted by molar-refractivity contribution is 6.40. The molecule has 0 unspecified atom stereocenters. The van der Waals surface area contributed by atoms with Crippen molar-refractivity contribution in [1.29, 1.82) is 0 Å². The van der Waals surface area contributed by atoms with Crippen LogP contribution in [0.4, 0.5) is 0 Å². The predicted octanol–water partition coefficient (Wildman–Crippen LogP) is 0.0818. The van der Waals surface area contributed by atoms with Gasteiger partial charge in [-0.3, -0.25) is 4.99 Å². The fourth-order valence-corrected chi connectivity index (χ4v) is 0.507. The SMILES string of the molecule is O=C(O)C1=NCC=C1. The minimum Gasteiger partial charge on any atom is -0.477 e. The Morgan fingerprint density at radius 2 is 2.62 bits per heavy atom. The molecule has 0 bridgehead atoms. The number of carboxylic acids is 1. The van der Waals surface area contributed by atoms with E-state index in [2.05, 4.69) is 4.99 Å². The Labute approximate surface area is 46.4 Å². The Morgan fingerprint density at radius 1 is 1.88 bits per heavy atom. The van der Waals surface area contributed by atoms with Crippen molar-refractivity contribution in [3.8, 4) is 0 Å². The van der Waals surface area contributed by atoms with Gasteiger partial charge in [0.1, 0.15) is 5.71 Å². The van der Waals surface area contributed by atoms with Gasteiger partial charge in [0.05, 0.1) is 6.54 Å². The van der Waals surface area contributed by atoms with Crippen LogP contribution in [0.15, 0.2) is 17.1 Å². The summed E-state index contributed by atoms with van der Waals surface area (Å²) < 4.78 is 0. The average Bonchev–Trinajstić information content (AvgIpc) is 2.12. The van der Waals surface area contributed by atoms with Crippen molar-refractivity contribution in [3.63, 3.8) is 0 Å². The maximum atomic E-state index is 10.0. The van der Waals surface area contributed by atoms with Crippen LogP contribution < -0.4 is 0 Å². The number of aliphatic imine (C=N–C) groups is 1. The molecule has 0 atom stereocenters. The number of carbonyl (C=O) groups is 1. The van der Waals surface area contributed by atoms with Gasteiger partial charge in [0, 0.05) is 0 Å². The van der Waals surface area contributed by atoms with Gasteiger partial charge in [-0.15, -0.1) is 0 Å². The molecular formula is C5H5NO2. The Morgan fingerprint density at radius 3 is 2.88 bits per heavy atom. The summed E-state index contributed by atoms with van der Waals surface area (Å²) in [4.78, 5) is 13.7. The van der Waals surface area contributed by atoms with Gasteiger partial charge in [0.15, 0.2) is 0 Å². The highest BCUT2D eigenvalue weighted by Gasteiger charge is 2.05. The van der Waals surface area contributed by atoms with Gasteiger partial charge in [-0.2, -0.15) is 0 Å². The normalized spacial score (nSPS) is 16.2. The topological polar surface area (TPSA) is 49.7 Å². The molecule has 3 heteroatoms. The smallest absolute Gasteiger partial charge is 0.354 e. The molecule has 0 radical (unpaired) electrons. The lowest BCUT2D eigenvalue weighted by Gasteiger charge is -1.82. The molecular weight excluding hydrogens is 106 g/mol. The summed E-state index contributed by atoms with van der Waals surface area (Å²) in [6.07, 6.45) is 3.21. The standard InChI is InChI=1S/C5H5NO2/c7-5(8)4-2-1-3-6-4/h1-2H,3H2,(H,7,8). The summed E-state index contributed by atoms with van der Waals surface area (Å²) in [6, 6.07) is 0. The third-order valence-electron chi connectivity index (χ3n) is 0.862. The fraction of sp³-hybridized carbons (Fsp3) is 0.200. The van der Waals surface area contributed by atoms with Gasteiger partial charge in [0.25, 0.3) is 0 Å². The number of hydrogen-bond acceptors (Lipinski definition) is 2. The first kappa shape index (κ1) is 5.03. The van der Waals surface area contributed by atoms with Gasteiger partial charge in [-0.25, -0.2) is 4.79 Å². The van der Waals surface area contributed by atoms with Gasteiger partial charge in [-0.1, -0.05) is 6.08 Å². The summed E-state index contributed by atoms with van der Waals surface area (Å²) in [7, 11) is 0. The average molecular weight is 111 g/mol. The largest absolute Gasteiger partial charge is 0.477 e. The molecule has 1 heterocycles. The molecule has 1 N–H and O–H groups in total. The lowest BCUT2D eigenvalue weighted by atomic mass is 10.4. The number of aliphatic carboxylic acids is 1. The maximum Gasteiger partial charge on any atom is 0.354 e. The molecule has 42 valence electrons. The van der Waals surface area contributed by atoms with Crippen LogP contribution in [0.1, 0.15) is 0 Å². The molecule has 1 aliphatic heterocycles. The second-order valence-electron chi connectivity index (χ2n) is 1.43. The van der Waals surface area contributed by atoms with Crippen molar-refractivity contribution in [2.75, 3.05) is 6.54 Å². The number of carboxylic acid groups (broad SMARTS) is 1. The predicted molar refractivity (Wildman–Crippen MR) is 29.1 cm³/mol. The van der Waals surface area contributed by atoms with Crippen LogP contribution in [-0.2, 0) is 4.79 Å². The van der Waals surface area contributed by atoms with Crippen LogP contribution in [0.2, 0.25) is 0 Å². The second kappa shape index (κ2) is 1.78. The van der Waals surface area contributed by atoms with E-state index in [-0.39, 0.29) is 5.71 Å². The van der Waals surface area contributed by atoms with Crippen LogP contribution in [0.3, 0.4) is 0 Å². The molecule has 0 saturated heterocycles. The van der Waals surface area contributed by atoms with E-state index < -0.39 is 5.97 Å². The minimum absolute atomic E-state index is 0.157. The Hall–Kier alpha value is -1.12. The van der Waals surface area contributed by atoms with Crippen LogP contribution in [0, 0.1) is 0 Å². The summed E-state index contributed by atoms with van der Waals surface area (Å²) in [5, 5.41) is 8.23. The zero-order chi connectivity index (χ0) is 5.98. The van der Waals surface area contributed by atoms with E-state index in [1.54, 1.807) is 6.08 Å². The van der Waals surface area contributed by atoms with Gasteiger partial charge in [-0.05, 0) is 6.08 Å². The van der Waals surface area contributed by atoms with Crippen molar-refractivity contribution >= 4 is 11.7 Å². The molecule has 0 aromatic heterocycles. The summed E-state index contributed by atoms with van der Waals surface area (Å²) >= 11 is 0. The fourth-order valence-electron chi connectivity index (χ4n) is 0.507. The number of hydrogen-bond donors (Lipinski definition) is 1. The third kappa shape index (κ3) is 0.753. The highest BCUT2D eigenvalue weighted by Crippen LogP contribution is 1.91. The van der Waals surface area contributed by atoms with Crippen LogP contribution in [-0.4, -0.2) is 23.3 Å². The first-order chi connectivity index (χ1) is 3.80. The van der Waals surface area contributed by atoms with Crippen molar-refractivity contribution in [3.05, 3.63) is 12.2 Å². The molecule has 0 fully saturated rings. The quantitative estimate of drug-likeness (QED) is 0.521. The molecule has 0 aromatic rings. The van der Waals surface area contributed by atoms with E-state index >= 15 is 0 Å². The lowest BCUT2D eigenvalue weighted by molar-refractivity contribution is -0.129. The van der Waals surface area contributed by atoms with Gasteiger partial charge < -0.3 is 5.11 Å². The summed E-state index contributed by atoms with van der Waals surface area (Å²) in [6.45, 7) is 0.516. The van der Waals surface area contributed by atoms with Crippen LogP contribution >= 0.6 is 0 Å². The Kier molecular flexibility index (Phi) is 1.12. The van der Waals surface area contributed by atoms with Crippen LogP contribution in [0.25, 0.3) is 0 Å². The van der Waals surface area contributed by atoms with E-state index in [1.807, 2.05) is 0 Å². The lowest BCUT2D eigenvalue weighted by Crippen LogP contribution is -2.06. The van der Waals surface area contributed by atoms with Crippen LogP contribution in [0.5, 0.6) is 0 Å². The van der Waals surface area contributed by atoms with Crippen molar-refractivity contribution in [2.45, 2.75) is 0 Å². The van der Waals surface area contributed by atoms with Gasteiger partial charge >= 0.3 is 5.97 Å². The molecule has 1 aliphatic rings. The van der Waals surface area contributed by atoms with E-state index in [4.69, 9.17) is 5.11 Å². The summed E-state index contributed by atoms with van der Waals surface area (Å²) in [5.74, 6) is -0.946. The summed E-state index contributed by atoms with van der Waals surface area (Å²) in [5.41, 5.74) is 0.157. The van der Waals surface area contributed by atoms with E-state index in [0.29, 0.717) is 6.54 Å². The first-order valence-corrected chi connectivity index (χ1v) is 2.25. The van der Waals surface area contributed by atoms with Crippen molar-refractivity contribution in [1.82, 2.24) is 0 Å². The zero-order valence-corrected chi connectivity index (χ0v) is 4.16. The Balaban J connectivity index is 2.72. The third-order valence-corrected chi connectivity index (χ3v) is 0.862. The molecule has 8 heavy (non-hydrogen) atoms. The molecule has 0 amide bonds. The van der Waals surface area contributed by atoms with Gasteiger partial charge in [0.2, 0.25) is 0 Å². The first-order valence-electron chi connectivity index (χ1n) is 2.25. The molecule has 0 aromatic carbocycles. The maximum absolute atomic E-state index is 10.0. The van der Waals surface area contributed by atoms with E-state index in [0.717, 1.165) is 0 Å². The van der Waals surface area contributed by atoms with Crippen molar-refractivity contribution in [2.24, 2.45) is 4.99 Å². The molecule has 0 spiro atoms. The highest BCUT2D eigenvalue weighted by atomic mass is 16.4. The molecule has 0 saturated carbocycles. The molecule has 3 nitrogen and oxygen atoms in total. The zero-order valence-electron chi connectivity index (χ0n) is 4.16. The van der Waals surface area contributed by atoms with E-state index in [1.165, 1.54) is 6.08 Å². The number of nitrogens with zero attached hydrogens (tertiary/aromatic N) is 1. The van der Waals surface area contributed by atoms with E-state index in [9.17, 15) is 4.79 Å².